The predicted molar refractivity (Wildman–Crippen MR) is 102 cm³/mol. The molecule has 0 amide bonds. The van der Waals surface area contributed by atoms with Crippen molar-refractivity contribution >= 4 is 20.9 Å². The number of aromatic amines is 1. The zero-order valence-electron chi connectivity index (χ0n) is 15.2. The molecule has 1 aromatic heterocycles. The van der Waals surface area contributed by atoms with E-state index in [0.29, 0.717) is 11.3 Å². The SMILES string of the molecule is COc1ccc(S(=O)(=O)NCC2(c3c[nH]c4ccc(F)cc34)CC2)c(C)c1. The average molecular weight is 388 g/mol. The summed E-state index contributed by atoms with van der Waals surface area (Å²) in [6.45, 7) is 2.02. The minimum absolute atomic E-state index is 0.240. The summed E-state index contributed by atoms with van der Waals surface area (Å²) in [5.74, 6) is 0.319. The lowest BCUT2D eigenvalue weighted by Crippen LogP contribution is -2.32. The normalized spacial score (nSPS) is 15.8. The van der Waals surface area contributed by atoms with Crippen molar-refractivity contribution in [1.29, 1.82) is 0 Å². The van der Waals surface area contributed by atoms with Gasteiger partial charge in [0.15, 0.2) is 0 Å². The number of hydrogen-bond donors (Lipinski definition) is 2. The molecule has 3 aromatic rings. The molecule has 0 aliphatic heterocycles. The van der Waals surface area contributed by atoms with Crippen molar-refractivity contribution in [3.8, 4) is 5.75 Å². The zero-order chi connectivity index (χ0) is 19.2. The molecule has 0 bridgehead atoms. The fraction of sp³-hybridized carbons (Fsp3) is 0.300. The highest BCUT2D eigenvalue weighted by atomic mass is 32.2. The Balaban J connectivity index is 1.60. The van der Waals surface area contributed by atoms with E-state index < -0.39 is 10.0 Å². The number of rotatable bonds is 6. The lowest BCUT2D eigenvalue weighted by molar-refractivity contribution is 0.414. The molecule has 0 atom stereocenters. The standard InChI is InChI=1S/C20H21FN2O3S/c1-13-9-15(26-2)4-6-19(13)27(24,25)23-12-20(7-8-20)17-11-22-18-5-3-14(21)10-16(17)18/h3-6,9-11,22-23H,7-8,12H2,1-2H3. The van der Waals surface area contributed by atoms with E-state index in [1.165, 1.54) is 12.1 Å². The molecule has 1 heterocycles. The van der Waals surface area contributed by atoms with Crippen LogP contribution in [-0.2, 0) is 15.4 Å². The van der Waals surface area contributed by atoms with Gasteiger partial charge in [0, 0.05) is 29.1 Å². The van der Waals surface area contributed by atoms with Gasteiger partial charge in [0.05, 0.1) is 12.0 Å². The maximum atomic E-state index is 13.7. The van der Waals surface area contributed by atoms with Gasteiger partial charge in [-0.05, 0) is 67.3 Å². The minimum Gasteiger partial charge on any atom is -0.497 e. The summed E-state index contributed by atoms with van der Waals surface area (Å²) in [5, 5.41) is 0.812. The monoisotopic (exact) mass is 388 g/mol. The van der Waals surface area contributed by atoms with Gasteiger partial charge in [-0.25, -0.2) is 17.5 Å². The predicted octanol–water partition coefficient (Wildman–Crippen LogP) is 3.63. The van der Waals surface area contributed by atoms with Gasteiger partial charge >= 0.3 is 0 Å². The van der Waals surface area contributed by atoms with Gasteiger partial charge in [-0.3, -0.25) is 0 Å². The third kappa shape index (κ3) is 3.21. The van der Waals surface area contributed by atoms with Crippen LogP contribution in [-0.4, -0.2) is 27.1 Å². The van der Waals surface area contributed by atoms with Gasteiger partial charge in [-0.2, -0.15) is 0 Å². The largest absolute Gasteiger partial charge is 0.497 e. The van der Waals surface area contributed by atoms with E-state index in [1.54, 1.807) is 38.3 Å². The van der Waals surface area contributed by atoms with E-state index in [4.69, 9.17) is 4.74 Å². The summed E-state index contributed by atoms with van der Waals surface area (Å²) in [7, 11) is -2.11. The Morgan fingerprint density at radius 3 is 2.67 bits per heavy atom. The van der Waals surface area contributed by atoms with Crippen LogP contribution in [0.1, 0.15) is 24.0 Å². The summed E-state index contributed by atoms with van der Waals surface area (Å²) in [6.07, 6.45) is 3.59. The van der Waals surface area contributed by atoms with Crippen molar-refractivity contribution in [1.82, 2.24) is 9.71 Å². The highest BCUT2D eigenvalue weighted by Gasteiger charge is 2.46. The van der Waals surface area contributed by atoms with Crippen molar-refractivity contribution in [2.24, 2.45) is 0 Å². The Labute approximate surface area is 157 Å². The number of benzene rings is 2. The fourth-order valence-corrected chi connectivity index (χ4v) is 4.94. The first-order valence-electron chi connectivity index (χ1n) is 8.76. The Morgan fingerprint density at radius 2 is 2.00 bits per heavy atom. The van der Waals surface area contributed by atoms with Gasteiger partial charge in [-0.15, -0.1) is 0 Å². The first-order chi connectivity index (χ1) is 12.8. The third-order valence-electron chi connectivity index (χ3n) is 5.34. The third-order valence-corrected chi connectivity index (χ3v) is 6.90. The molecule has 0 unspecified atom stereocenters. The number of H-pyrrole nitrogens is 1. The first-order valence-corrected chi connectivity index (χ1v) is 10.2. The van der Waals surface area contributed by atoms with Crippen LogP contribution in [0.3, 0.4) is 0 Å². The lowest BCUT2D eigenvalue weighted by atomic mass is 9.96. The molecular weight excluding hydrogens is 367 g/mol. The van der Waals surface area contributed by atoms with Crippen LogP contribution in [0, 0.1) is 12.7 Å². The smallest absolute Gasteiger partial charge is 0.240 e. The van der Waals surface area contributed by atoms with E-state index in [0.717, 1.165) is 29.3 Å². The molecule has 5 nitrogen and oxygen atoms in total. The summed E-state index contributed by atoms with van der Waals surface area (Å²) in [4.78, 5) is 3.39. The Kier molecular flexibility index (Phi) is 4.24. The second kappa shape index (κ2) is 6.35. The van der Waals surface area contributed by atoms with Gasteiger partial charge < -0.3 is 9.72 Å². The van der Waals surface area contributed by atoms with E-state index in [2.05, 4.69) is 9.71 Å². The molecule has 2 N–H and O–H groups in total. The summed E-state index contributed by atoms with van der Waals surface area (Å²) < 4.78 is 47.1. The molecule has 1 fully saturated rings. The summed E-state index contributed by atoms with van der Waals surface area (Å²) in [6, 6.07) is 9.51. The van der Waals surface area contributed by atoms with E-state index in [-0.39, 0.29) is 22.7 Å². The van der Waals surface area contributed by atoms with Crippen molar-refractivity contribution < 1.29 is 17.5 Å². The van der Waals surface area contributed by atoms with E-state index in [1.807, 2.05) is 6.20 Å². The Bertz CT molecular complexity index is 1120. The van der Waals surface area contributed by atoms with Gasteiger partial charge in [-0.1, -0.05) is 0 Å². The van der Waals surface area contributed by atoms with Crippen molar-refractivity contribution in [2.75, 3.05) is 13.7 Å². The molecule has 27 heavy (non-hydrogen) atoms. The zero-order valence-corrected chi connectivity index (χ0v) is 16.0. The van der Waals surface area contributed by atoms with E-state index >= 15 is 0 Å². The van der Waals surface area contributed by atoms with Crippen LogP contribution < -0.4 is 9.46 Å². The van der Waals surface area contributed by atoms with Crippen LogP contribution in [0.25, 0.3) is 10.9 Å². The van der Waals surface area contributed by atoms with Gasteiger partial charge in [0.2, 0.25) is 10.0 Å². The number of nitrogens with one attached hydrogen (secondary N) is 2. The topological polar surface area (TPSA) is 71.2 Å². The molecule has 2 aromatic carbocycles. The molecule has 1 aliphatic rings. The molecule has 1 aliphatic carbocycles. The molecule has 7 heteroatoms. The number of fused-ring (bicyclic) bond motifs is 1. The molecule has 142 valence electrons. The van der Waals surface area contributed by atoms with E-state index in [9.17, 15) is 12.8 Å². The Morgan fingerprint density at radius 1 is 1.22 bits per heavy atom. The number of ether oxygens (including phenoxy) is 1. The average Bonchev–Trinajstić information content (AvgIpc) is 3.31. The molecule has 4 rings (SSSR count). The maximum absolute atomic E-state index is 13.7. The highest BCUT2D eigenvalue weighted by molar-refractivity contribution is 7.89. The lowest BCUT2D eigenvalue weighted by Gasteiger charge is -2.17. The van der Waals surface area contributed by atoms with Crippen LogP contribution in [0.15, 0.2) is 47.5 Å². The fourth-order valence-electron chi connectivity index (χ4n) is 3.59. The van der Waals surface area contributed by atoms with Crippen LogP contribution in [0.4, 0.5) is 4.39 Å². The van der Waals surface area contributed by atoms with Crippen molar-refractivity contribution in [3.05, 3.63) is 59.5 Å². The van der Waals surface area contributed by atoms with Gasteiger partial charge in [0.25, 0.3) is 0 Å². The van der Waals surface area contributed by atoms with Crippen molar-refractivity contribution in [3.63, 3.8) is 0 Å². The van der Waals surface area contributed by atoms with Crippen LogP contribution in [0.5, 0.6) is 5.75 Å². The molecule has 0 saturated heterocycles. The number of methoxy groups -OCH3 is 1. The van der Waals surface area contributed by atoms with Crippen LogP contribution in [0.2, 0.25) is 0 Å². The second-order valence-corrected chi connectivity index (χ2v) is 8.86. The maximum Gasteiger partial charge on any atom is 0.240 e. The quantitative estimate of drug-likeness (QED) is 0.677. The Hall–Kier alpha value is -2.38. The molecular formula is C20H21FN2O3S. The summed E-state index contributed by atoms with van der Waals surface area (Å²) >= 11 is 0. The number of sulfonamides is 1. The molecule has 1 saturated carbocycles. The van der Waals surface area contributed by atoms with Crippen molar-refractivity contribution in [2.45, 2.75) is 30.1 Å². The first kappa shape index (κ1) is 18.0. The van der Waals surface area contributed by atoms with Crippen LogP contribution >= 0.6 is 0 Å². The minimum atomic E-state index is -3.65. The van der Waals surface area contributed by atoms with Gasteiger partial charge in [0.1, 0.15) is 11.6 Å². The molecule has 0 spiro atoms. The highest BCUT2D eigenvalue weighted by Crippen LogP contribution is 2.50. The number of halogens is 1. The number of aromatic nitrogens is 1. The molecule has 0 radical (unpaired) electrons. The second-order valence-electron chi connectivity index (χ2n) is 7.13. The number of hydrogen-bond acceptors (Lipinski definition) is 3. The number of aryl methyl sites for hydroxylation is 1. The summed E-state index contributed by atoms with van der Waals surface area (Å²) in [5.41, 5.74) is 2.15.